The largest absolute Gasteiger partial charge is 0.465 e. The first-order valence-electron chi connectivity index (χ1n) is 10.5. The van der Waals surface area contributed by atoms with Crippen molar-refractivity contribution in [3.05, 3.63) is 28.8 Å². The Morgan fingerprint density at radius 1 is 1.00 bits per heavy atom. The van der Waals surface area contributed by atoms with Gasteiger partial charge in [0.25, 0.3) is 0 Å². The molecule has 164 valence electrons. The van der Waals surface area contributed by atoms with E-state index in [1.165, 1.54) is 32.4 Å². The van der Waals surface area contributed by atoms with Crippen LogP contribution in [-0.2, 0) is 4.74 Å². The Labute approximate surface area is 181 Å². The summed E-state index contributed by atoms with van der Waals surface area (Å²) in [6.45, 7) is 1.08. The van der Waals surface area contributed by atoms with Crippen molar-refractivity contribution >= 4 is 35.3 Å². The van der Waals surface area contributed by atoms with Crippen LogP contribution in [0.3, 0.4) is 0 Å². The Hall–Kier alpha value is -2.48. The molecule has 0 bridgehead atoms. The molecule has 0 atom stereocenters. The smallest absolute Gasteiger partial charge is 0.339 e. The van der Waals surface area contributed by atoms with Crippen LogP contribution in [0.5, 0.6) is 0 Å². The lowest BCUT2D eigenvalue weighted by molar-refractivity contribution is 0.0601. The van der Waals surface area contributed by atoms with E-state index in [2.05, 4.69) is 16.0 Å². The molecule has 2 aliphatic rings. The topological polar surface area (TPSA) is 99.8 Å². The minimum Gasteiger partial charge on any atom is -0.465 e. The zero-order valence-electron chi connectivity index (χ0n) is 17.2. The van der Waals surface area contributed by atoms with Gasteiger partial charge in [0.2, 0.25) is 0 Å². The molecule has 1 saturated carbocycles. The first kappa shape index (κ1) is 22.2. The van der Waals surface area contributed by atoms with Crippen LogP contribution in [0.1, 0.15) is 55.3 Å². The second-order valence-electron chi connectivity index (χ2n) is 7.83. The highest BCUT2D eigenvalue weighted by Gasteiger charge is 2.25. The van der Waals surface area contributed by atoms with Gasteiger partial charge >= 0.3 is 18.0 Å². The number of urea groups is 2. The van der Waals surface area contributed by atoms with Crippen molar-refractivity contribution in [3.8, 4) is 0 Å². The third-order valence-corrected chi connectivity index (χ3v) is 6.01. The van der Waals surface area contributed by atoms with E-state index >= 15 is 0 Å². The van der Waals surface area contributed by atoms with E-state index in [1.807, 2.05) is 0 Å². The minimum absolute atomic E-state index is 0.0547. The van der Waals surface area contributed by atoms with Crippen molar-refractivity contribution in [1.82, 2.24) is 15.5 Å². The quantitative estimate of drug-likeness (QED) is 0.625. The summed E-state index contributed by atoms with van der Waals surface area (Å²) in [7, 11) is 1.28. The summed E-state index contributed by atoms with van der Waals surface area (Å²) in [6, 6.07) is 4.65. The lowest BCUT2D eigenvalue weighted by Gasteiger charge is -2.33. The van der Waals surface area contributed by atoms with Gasteiger partial charge in [0, 0.05) is 30.9 Å². The number of nitrogens with one attached hydrogen (secondary N) is 3. The second-order valence-corrected chi connectivity index (χ2v) is 8.24. The Balaban J connectivity index is 1.45. The Kier molecular flexibility index (Phi) is 7.79. The molecule has 30 heavy (non-hydrogen) atoms. The maximum absolute atomic E-state index is 12.6. The molecular weight excluding hydrogens is 408 g/mol. The first-order valence-corrected chi connectivity index (χ1v) is 10.8. The molecule has 8 nitrogen and oxygen atoms in total. The van der Waals surface area contributed by atoms with E-state index < -0.39 is 5.97 Å². The van der Waals surface area contributed by atoms with Gasteiger partial charge in [0.1, 0.15) is 0 Å². The van der Waals surface area contributed by atoms with E-state index in [0.29, 0.717) is 31.6 Å². The molecule has 1 aliphatic heterocycles. The van der Waals surface area contributed by atoms with Gasteiger partial charge in [-0.1, -0.05) is 30.9 Å². The Bertz CT molecular complexity index is 774. The number of esters is 1. The predicted molar refractivity (Wildman–Crippen MR) is 115 cm³/mol. The summed E-state index contributed by atoms with van der Waals surface area (Å²) in [4.78, 5) is 38.2. The molecule has 2 fully saturated rings. The monoisotopic (exact) mass is 436 g/mol. The van der Waals surface area contributed by atoms with Gasteiger partial charge in [-0.3, -0.25) is 0 Å². The Morgan fingerprint density at radius 3 is 2.27 bits per heavy atom. The third-order valence-electron chi connectivity index (χ3n) is 5.68. The van der Waals surface area contributed by atoms with Crippen molar-refractivity contribution in [2.75, 3.05) is 25.5 Å². The number of benzene rings is 1. The molecule has 9 heteroatoms. The van der Waals surface area contributed by atoms with Gasteiger partial charge < -0.3 is 25.6 Å². The summed E-state index contributed by atoms with van der Waals surface area (Å²) in [5.41, 5.74) is 0.667. The molecule has 0 unspecified atom stereocenters. The summed E-state index contributed by atoms with van der Waals surface area (Å²) in [5.74, 6) is -0.561. The first-order chi connectivity index (χ1) is 14.5. The number of rotatable bonds is 4. The zero-order chi connectivity index (χ0) is 21.5. The zero-order valence-corrected chi connectivity index (χ0v) is 18.0. The molecule has 1 aromatic carbocycles. The average Bonchev–Trinajstić information content (AvgIpc) is 2.75. The van der Waals surface area contributed by atoms with Crippen molar-refractivity contribution in [2.24, 2.45) is 0 Å². The lowest BCUT2D eigenvalue weighted by atomic mass is 9.96. The van der Waals surface area contributed by atoms with Crippen molar-refractivity contribution in [2.45, 2.75) is 57.0 Å². The van der Waals surface area contributed by atoms with Crippen LogP contribution in [0.4, 0.5) is 15.3 Å². The number of hydrogen-bond donors (Lipinski definition) is 3. The highest BCUT2D eigenvalue weighted by molar-refractivity contribution is 6.33. The molecular formula is C21H29ClN4O4. The number of amides is 4. The SMILES string of the molecule is COC(=O)c1cc(NC(=O)N2CCC(NC(=O)NC3CCCCC3)CC2)ccc1Cl. The molecule has 3 N–H and O–H groups in total. The third kappa shape index (κ3) is 6.01. The number of hydrogen-bond acceptors (Lipinski definition) is 4. The maximum atomic E-state index is 12.6. The number of halogens is 1. The maximum Gasteiger partial charge on any atom is 0.339 e. The van der Waals surface area contributed by atoms with E-state index in [9.17, 15) is 14.4 Å². The molecule has 1 aliphatic carbocycles. The van der Waals surface area contributed by atoms with E-state index in [4.69, 9.17) is 16.3 Å². The number of carbonyl (C=O) groups excluding carboxylic acids is 3. The number of likely N-dealkylation sites (tertiary alicyclic amines) is 1. The molecule has 1 aromatic rings. The van der Waals surface area contributed by atoms with Gasteiger partial charge in [0.05, 0.1) is 17.7 Å². The molecule has 3 rings (SSSR count). The summed E-state index contributed by atoms with van der Waals surface area (Å²) in [6.07, 6.45) is 7.09. The highest BCUT2D eigenvalue weighted by Crippen LogP contribution is 2.22. The molecule has 4 amide bonds. The lowest BCUT2D eigenvalue weighted by Crippen LogP contribution is -2.51. The number of nitrogens with zero attached hydrogens (tertiary/aromatic N) is 1. The fourth-order valence-electron chi connectivity index (χ4n) is 3.96. The van der Waals surface area contributed by atoms with Crippen LogP contribution in [0.2, 0.25) is 5.02 Å². The van der Waals surface area contributed by atoms with Crippen LogP contribution in [0.25, 0.3) is 0 Å². The second kappa shape index (κ2) is 10.5. The number of anilines is 1. The predicted octanol–water partition coefficient (Wildman–Crippen LogP) is 3.75. The molecule has 0 spiro atoms. The van der Waals surface area contributed by atoms with E-state index in [-0.39, 0.29) is 34.7 Å². The van der Waals surface area contributed by atoms with Crippen LogP contribution in [0, 0.1) is 0 Å². The van der Waals surface area contributed by atoms with Gasteiger partial charge in [-0.25, -0.2) is 14.4 Å². The minimum atomic E-state index is -0.561. The van der Waals surface area contributed by atoms with Crippen molar-refractivity contribution < 1.29 is 19.1 Å². The fraction of sp³-hybridized carbons (Fsp3) is 0.571. The average molecular weight is 437 g/mol. The van der Waals surface area contributed by atoms with Gasteiger partial charge in [-0.05, 0) is 43.9 Å². The molecule has 1 heterocycles. The molecule has 1 saturated heterocycles. The van der Waals surface area contributed by atoms with Crippen LogP contribution >= 0.6 is 11.6 Å². The summed E-state index contributed by atoms with van der Waals surface area (Å²) >= 11 is 6.01. The van der Waals surface area contributed by atoms with Crippen molar-refractivity contribution in [3.63, 3.8) is 0 Å². The van der Waals surface area contributed by atoms with Gasteiger partial charge in [-0.15, -0.1) is 0 Å². The molecule has 0 radical (unpaired) electrons. The summed E-state index contributed by atoms with van der Waals surface area (Å²) < 4.78 is 4.70. The van der Waals surface area contributed by atoms with Crippen molar-refractivity contribution in [1.29, 1.82) is 0 Å². The van der Waals surface area contributed by atoms with Crippen LogP contribution in [-0.4, -0.2) is 55.2 Å². The number of methoxy groups -OCH3 is 1. The Morgan fingerprint density at radius 2 is 1.63 bits per heavy atom. The molecule has 0 aromatic heterocycles. The summed E-state index contributed by atoms with van der Waals surface area (Å²) in [5, 5.41) is 9.15. The number of carbonyl (C=O) groups is 3. The van der Waals surface area contributed by atoms with Crippen LogP contribution in [0.15, 0.2) is 18.2 Å². The number of ether oxygens (including phenoxy) is 1. The van der Waals surface area contributed by atoms with E-state index in [0.717, 1.165) is 12.8 Å². The fourth-order valence-corrected chi connectivity index (χ4v) is 4.15. The standard InChI is InChI=1S/C21H29ClN4O4/c1-30-19(27)17-13-16(7-8-18(17)22)25-21(29)26-11-9-15(10-12-26)24-20(28)23-14-5-3-2-4-6-14/h7-8,13-15H,2-6,9-12H2,1H3,(H,25,29)(H2,23,24,28). The van der Waals surface area contributed by atoms with Gasteiger partial charge in [0.15, 0.2) is 0 Å². The normalized spacial score (nSPS) is 17.9. The van der Waals surface area contributed by atoms with Crippen LogP contribution < -0.4 is 16.0 Å². The highest BCUT2D eigenvalue weighted by atomic mass is 35.5. The van der Waals surface area contributed by atoms with E-state index in [1.54, 1.807) is 17.0 Å². The van der Waals surface area contributed by atoms with Gasteiger partial charge in [-0.2, -0.15) is 0 Å². The number of piperidine rings is 1.